The number of anilines is 1. The summed E-state index contributed by atoms with van der Waals surface area (Å²) in [6.07, 6.45) is 0. The van der Waals surface area contributed by atoms with Crippen LogP contribution in [0.15, 0.2) is 40.8 Å². The van der Waals surface area contributed by atoms with Crippen molar-refractivity contribution in [3.8, 4) is 5.75 Å². The monoisotopic (exact) mass is 274 g/mol. The molecule has 0 unspecified atom stereocenters. The van der Waals surface area contributed by atoms with Crippen LogP contribution in [0.1, 0.15) is 11.5 Å². The number of ether oxygens (including phenoxy) is 1. The maximum Gasteiger partial charge on any atom is 0.238 e. The Bertz CT molecular complexity index is 578. The van der Waals surface area contributed by atoms with Gasteiger partial charge in [0, 0.05) is 0 Å². The number of carbonyl (C=O) groups excluding carboxylic acids is 1. The Kier molecular flexibility index (Phi) is 4.79. The predicted molar refractivity (Wildman–Crippen MR) is 76.8 cm³/mol. The second-order valence-electron chi connectivity index (χ2n) is 4.36. The number of hydrogen-bond acceptors (Lipinski definition) is 4. The lowest BCUT2D eigenvalue weighted by Gasteiger charge is -2.09. The van der Waals surface area contributed by atoms with E-state index < -0.39 is 0 Å². The van der Waals surface area contributed by atoms with Gasteiger partial charge in [-0.2, -0.15) is 0 Å². The fourth-order valence-electron chi connectivity index (χ4n) is 1.82. The van der Waals surface area contributed by atoms with Gasteiger partial charge < -0.3 is 19.8 Å². The van der Waals surface area contributed by atoms with Crippen molar-refractivity contribution in [3.05, 3.63) is 47.9 Å². The number of methoxy groups -OCH3 is 1. The molecule has 1 amide bonds. The molecule has 2 N–H and O–H groups in total. The van der Waals surface area contributed by atoms with Crippen molar-refractivity contribution in [2.75, 3.05) is 19.0 Å². The van der Waals surface area contributed by atoms with E-state index in [9.17, 15) is 4.79 Å². The van der Waals surface area contributed by atoms with Crippen molar-refractivity contribution in [2.45, 2.75) is 13.5 Å². The Morgan fingerprint density at radius 1 is 1.25 bits per heavy atom. The van der Waals surface area contributed by atoms with Crippen LogP contribution in [0.3, 0.4) is 0 Å². The minimum Gasteiger partial charge on any atom is -0.495 e. The minimum absolute atomic E-state index is 0.127. The van der Waals surface area contributed by atoms with Crippen LogP contribution in [-0.4, -0.2) is 19.6 Å². The summed E-state index contributed by atoms with van der Waals surface area (Å²) in [6.45, 7) is 2.61. The van der Waals surface area contributed by atoms with Crippen LogP contribution in [0.25, 0.3) is 0 Å². The first kappa shape index (κ1) is 14.1. The molecule has 1 aromatic carbocycles. The van der Waals surface area contributed by atoms with E-state index >= 15 is 0 Å². The second kappa shape index (κ2) is 6.77. The molecule has 0 fully saturated rings. The van der Waals surface area contributed by atoms with Crippen LogP contribution in [0, 0.1) is 6.92 Å². The highest BCUT2D eigenvalue weighted by Gasteiger charge is 2.06. The van der Waals surface area contributed by atoms with Crippen molar-refractivity contribution in [2.24, 2.45) is 0 Å². The average molecular weight is 274 g/mol. The highest BCUT2D eigenvalue weighted by Crippen LogP contribution is 2.22. The summed E-state index contributed by atoms with van der Waals surface area (Å²) < 4.78 is 10.6. The van der Waals surface area contributed by atoms with Crippen LogP contribution in [0.4, 0.5) is 5.69 Å². The molecular formula is C15H18N2O3. The van der Waals surface area contributed by atoms with Gasteiger partial charge in [0.1, 0.15) is 17.3 Å². The van der Waals surface area contributed by atoms with Crippen molar-refractivity contribution in [1.82, 2.24) is 5.32 Å². The molecule has 0 saturated carbocycles. The quantitative estimate of drug-likeness (QED) is 0.848. The van der Waals surface area contributed by atoms with Gasteiger partial charge in [-0.05, 0) is 31.2 Å². The lowest BCUT2D eigenvalue weighted by atomic mass is 10.3. The molecule has 2 rings (SSSR count). The molecule has 0 bridgehead atoms. The molecule has 5 heteroatoms. The fraction of sp³-hybridized carbons (Fsp3) is 0.267. The van der Waals surface area contributed by atoms with Crippen LogP contribution < -0.4 is 15.4 Å². The first-order valence-corrected chi connectivity index (χ1v) is 6.38. The first-order chi connectivity index (χ1) is 9.69. The third kappa shape index (κ3) is 3.86. The number of furan rings is 1. The van der Waals surface area contributed by atoms with E-state index in [4.69, 9.17) is 9.15 Å². The standard InChI is InChI=1S/C15H18N2O3/c1-11-7-8-12(20-11)9-16-10-15(18)17-13-5-3-4-6-14(13)19-2/h3-8,16H,9-10H2,1-2H3,(H,17,18). The number of amides is 1. The van der Waals surface area contributed by atoms with Gasteiger partial charge in [0.15, 0.2) is 0 Å². The van der Waals surface area contributed by atoms with Gasteiger partial charge in [0.25, 0.3) is 0 Å². The third-order valence-electron chi connectivity index (χ3n) is 2.76. The van der Waals surface area contributed by atoms with Gasteiger partial charge in [-0.25, -0.2) is 0 Å². The van der Waals surface area contributed by atoms with Gasteiger partial charge >= 0.3 is 0 Å². The van der Waals surface area contributed by atoms with Gasteiger partial charge in [0.2, 0.25) is 5.91 Å². The number of carbonyl (C=O) groups is 1. The molecule has 0 saturated heterocycles. The second-order valence-corrected chi connectivity index (χ2v) is 4.36. The van der Waals surface area contributed by atoms with Gasteiger partial charge in [-0.15, -0.1) is 0 Å². The van der Waals surface area contributed by atoms with Gasteiger partial charge in [0.05, 0.1) is 25.9 Å². The van der Waals surface area contributed by atoms with Gasteiger partial charge in [-0.1, -0.05) is 12.1 Å². The Morgan fingerprint density at radius 2 is 2.05 bits per heavy atom. The minimum atomic E-state index is -0.127. The lowest BCUT2D eigenvalue weighted by molar-refractivity contribution is -0.115. The van der Waals surface area contributed by atoms with E-state index in [1.807, 2.05) is 31.2 Å². The number of nitrogens with one attached hydrogen (secondary N) is 2. The number of para-hydroxylation sites is 2. The highest BCUT2D eigenvalue weighted by molar-refractivity contribution is 5.93. The van der Waals surface area contributed by atoms with E-state index in [0.717, 1.165) is 11.5 Å². The summed E-state index contributed by atoms with van der Waals surface area (Å²) >= 11 is 0. The lowest BCUT2D eigenvalue weighted by Crippen LogP contribution is -2.27. The summed E-state index contributed by atoms with van der Waals surface area (Å²) in [5.74, 6) is 2.19. The van der Waals surface area contributed by atoms with E-state index in [1.165, 1.54) is 0 Å². The summed E-state index contributed by atoms with van der Waals surface area (Å²) in [6, 6.07) is 11.1. The Labute approximate surface area is 117 Å². The maximum atomic E-state index is 11.8. The molecular weight excluding hydrogens is 256 g/mol. The number of rotatable bonds is 6. The highest BCUT2D eigenvalue weighted by atomic mass is 16.5. The molecule has 106 valence electrons. The number of benzene rings is 1. The first-order valence-electron chi connectivity index (χ1n) is 6.38. The summed E-state index contributed by atoms with van der Waals surface area (Å²) in [5, 5.41) is 5.82. The molecule has 1 aromatic heterocycles. The SMILES string of the molecule is COc1ccccc1NC(=O)CNCc1ccc(C)o1. The van der Waals surface area contributed by atoms with Crippen LogP contribution >= 0.6 is 0 Å². The number of hydrogen-bond donors (Lipinski definition) is 2. The van der Waals surface area contributed by atoms with Crippen LogP contribution in [-0.2, 0) is 11.3 Å². The molecule has 0 aliphatic heterocycles. The van der Waals surface area contributed by atoms with Crippen molar-refractivity contribution in [3.63, 3.8) is 0 Å². The van der Waals surface area contributed by atoms with Crippen LogP contribution in [0.5, 0.6) is 5.75 Å². The average Bonchev–Trinajstić information content (AvgIpc) is 2.85. The molecule has 5 nitrogen and oxygen atoms in total. The zero-order valence-electron chi connectivity index (χ0n) is 11.6. The molecule has 0 spiro atoms. The van der Waals surface area contributed by atoms with Gasteiger partial charge in [-0.3, -0.25) is 4.79 Å². The zero-order chi connectivity index (χ0) is 14.4. The maximum absolute atomic E-state index is 11.8. The van der Waals surface area contributed by atoms with E-state index in [2.05, 4.69) is 10.6 Å². The molecule has 0 atom stereocenters. The topological polar surface area (TPSA) is 63.5 Å². The number of aryl methyl sites for hydroxylation is 1. The van der Waals surface area contributed by atoms with E-state index in [-0.39, 0.29) is 12.5 Å². The Balaban J connectivity index is 1.80. The summed E-state index contributed by atoms with van der Waals surface area (Å²) in [4.78, 5) is 11.8. The van der Waals surface area contributed by atoms with Crippen molar-refractivity contribution in [1.29, 1.82) is 0 Å². The van der Waals surface area contributed by atoms with Crippen LogP contribution in [0.2, 0.25) is 0 Å². The smallest absolute Gasteiger partial charge is 0.238 e. The normalized spacial score (nSPS) is 10.3. The Hall–Kier alpha value is -2.27. The Morgan fingerprint density at radius 3 is 2.75 bits per heavy atom. The fourth-order valence-corrected chi connectivity index (χ4v) is 1.82. The largest absolute Gasteiger partial charge is 0.495 e. The summed E-state index contributed by atoms with van der Waals surface area (Å²) in [7, 11) is 1.57. The molecule has 20 heavy (non-hydrogen) atoms. The molecule has 2 aromatic rings. The third-order valence-corrected chi connectivity index (χ3v) is 2.76. The van der Waals surface area contributed by atoms with E-state index in [1.54, 1.807) is 19.2 Å². The molecule has 0 aliphatic rings. The molecule has 0 radical (unpaired) electrons. The van der Waals surface area contributed by atoms with Crippen molar-refractivity contribution < 1.29 is 13.9 Å². The summed E-state index contributed by atoms with van der Waals surface area (Å²) in [5.41, 5.74) is 0.663. The molecule has 0 aliphatic carbocycles. The predicted octanol–water partition coefficient (Wildman–Crippen LogP) is 2.32. The zero-order valence-corrected chi connectivity index (χ0v) is 11.6. The van der Waals surface area contributed by atoms with E-state index in [0.29, 0.717) is 18.0 Å². The molecule has 1 heterocycles. The van der Waals surface area contributed by atoms with Crippen molar-refractivity contribution >= 4 is 11.6 Å².